The standard InChI is InChI=1S/C34H40N2O/c1-3-20-36(21-6-4-5-7-22-36)25-27-10-18-33(19-11-27)35-34(37)31-17-15-29-14-16-30(23-32(29)24-31)28-12-8-26(2)9-13-28/h8-14,16,18-19,23-24H,3-7,15,17,20-22,25H2,1-2H3/p+1. The third-order valence-electron chi connectivity index (χ3n) is 8.26. The van der Waals surface area contributed by atoms with Crippen molar-refractivity contribution in [2.24, 2.45) is 0 Å². The molecule has 1 aliphatic heterocycles. The average molecular weight is 494 g/mol. The van der Waals surface area contributed by atoms with Gasteiger partial charge >= 0.3 is 0 Å². The van der Waals surface area contributed by atoms with E-state index in [0.717, 1.165) is 36.2 Å². The second kappa shape index (κ2) is 11.5. The molecule has 0 unspecified atom stereocenters. The fourth-order valence-electron chi connectivity index (χ4n) is 6.18. The summed E-state index contributed by atoms with van der Waals surface area (Å²) in [4.78, 5) is 13.2. The molecule has 37 heavy (non-hydrogen) atoms. The van der Waals surface area contributed by atoms with Crippen LogP contribution in [-0.4, -0.2) is 30.0 Å². The molecule has 5 rings (SSSR count). The molecule has 1 heterocycles. The predicted molar refractivity (Wildman–Crippen MR) is 155 cm³/mol. The summed E-state index contributed by atoms with van der Waals surface area (Å²) in [5.41, 5.74) is 9.25. The molecule has 1 fully saturated rings. The highest BCUT2D eigenvalue weighted by Gasteiger charge is 2.28. The van der Waals surface area contributed by atoms with Crippen LogP contribution in [0.5, 0.6) is 0 Å². The quantitative estimate of drug-likeness (QED) is 0.333. The van der Waals surface area contributed by atoms with Crippen LogP contribution in [0.4, 0.5) is 5.69 Å². The van der Waals surface area contributed by atoms with Gasteiger partial charge in [-0.15, -0.1) is 0 Å². The Morgan fingerprint density at radius 1 is 0.838 bits per heavy atom. The average Bonchev–Trinajstić information content (AvgIpc) is 3.15. The van der Waals surface area contributed by atoms with Gasteiger partial charge in [-0.3, -0.25) is 4.79 Å². The van der Waals surface area contributed by atoms with Gasteiger partial charge in [0, 0.05) is 16.8 Å². The van der Waals surface area contributed by atoms with Crippen molar-refractivity contribution in [3.63, 3.8) is 0 Å². The SMILES string of the molecule is CCC[N+]1(Cc2ccc(NC(=O)C3=Cc4cc(-c5ccc(C)cc5)ccc4CC3)cc2)CCCCCC1. The van der Waals surface area contributed by atoms with Crippen LogP contribution in [-0.2, 0) is 17.8 Å². The maximum Gasteiger partial charge on any atom is 0.251 e. The van der Waals surface area contributed by atoms with Crippen LogP contribution in [0.3, 0.4) is 0 Å². The Labute approximate surface area is 222 Å². The number of carbonyl (C=O) groups is 1. The van der Waals surface area contributed by atoms with Gasteiger partial charge in [0.1, 0.15) is 6.54 Å². The van der Waals surface area contributed by atoms with E-state index in [-0.39, 0.29) is 5.91 Å². The van der Waals surface area contributed by atoms with Crippen LogP contribution >= 0.6 is 0 Å². The topological polar surface area (TPSA) is 29.1 Å². The van der Waals surface area contributed by atoms with E-state index in [9.17, 15) is 4.79 Å². The maximum atomic E-state index is 13.2. The number of quaternary nitrogens is 1. The lowest BCUT2D eigenvalue weighted by molar-refractivity contribution is -0.940. The number of rotatable bonds is 7. The van der Waals surface area contributed by atoms with Gasteiger partial charge in [0.2, 0.25) is 0 Å². The van der Waals surface area contributed by atoms with Crippen LogP contribution in [0.15, 0.2) is 72.3 Å². The minimum Gasteiger partial charge on any atom is -0.322 e. The van der Waals surface area contributed by atoms with E-state index in [2.05, 4.69) is 92.0 Å². The highest BCUT2D eigenvalue weighted by Crippen LogP contribution is 2.30. The first-order chi connectivity index (χ1) is 18.0. The number of likely N-dealkylation sites (tertiary alicyclic amines) is 1. The Kier molecular flexibility index (Phi) is 7.90. The van der Waals surface area contributed by atoms with Crippen molar-refractivity contribution in [3.05, 3.63) is 94.6 Å². The van der Waals surface area contributed by atoms with E-state index in [1.165, 1.54) is 84.0 Å². The lowest BCUT2D eigenvalue weighted by Gasteiger charge is -2.38. The molecule has 192 valence electrons. The Morgan fingerprint density at radius 2 is 1.54 bits per heavy atom. The summed E-state index contributed by atoms with van der Waals surface area (Å²) in [7, 11) is 0. The monoisotopic (exact) mass is 493 g/mol. The molecule has 1 saturated heterocycles. The van der Waals surface area contributed by atoms with E-state index in [1.807, 2.05) is 0 Å². The van der Waals surface area contributed by atoms with E-state index in [4.69, 9.17) is 0 Å². The fourth-order valence-corrected chi connectivity index (χ4v) is 6.18. The predicted octanol–water partition coefficient (Wildman–Crippen LogP) is 7.93. The lowest BCUT2D eigenvalue weighted by Crippen LogP contribution is -2.48. The molecule has 0 bridgehead atoms. The largest absolute Gasteiger partial charge is 0.322 e. The van der Waals surface area contributed by atoms with Gasteiger partial charge in [0.15, 0.2) is 0 Å². The van der Waals surface area contributed by atoms with E-state index < -0.39 is 0 Å². The Balaban J connectivity index is 1.27. The molecule has 0 spiro atoms. The zero-order valence-corrected chi connectivity index (χ0v) is 22.6. The van der Waals surface area contributed by atoms with Gasteiger partial charge in [-0.1, -0.05) is 61.0 Å². The second-order valence-electron chi connectivity index (χ2n) is 11.2. The van der Waals surface area contributed by atoms with Crippen LogP contribution < -0.4 is 5.32 Å². The number of nitrogens with one attached hydrogen (secondary N) is 1. The first kappa shape index (κ1) is 25.5. The molecular formula is C34H41N2O+. The summed E-state index contributed by atoms with van der Waals surface area (Å²) >= 11 is 0. The smallest absolute Gasteiger partial charge is 0.251 e. The van der Waals surface area contributed by atoms with Gasteiger partial charge in [0.05, 0.1) is 19.6 Å². The molecule has 3 aromatic rings. The van der Waals surface area contributed by atoms with Crippen molar-refractivity contribution in [1.82, 2.24) is 0 Å². The zero-order valence-electron chi connectivity index (χ0n) is 22.6. The number of nitrogens with zero attached hydrogens (tertiary/aromatic N) is 1. The molecule has 0 atom stereocenters. The first-order valence-corrected chi connectivity index (χ1v) is 14.2. The van der Waals surface area contributed by atoms with E-state index in [0.29, 0.717) is 0 Å². The third kappa shape index (κ3) is 6.22. The minimum absolute atomic E-state index is 0.0149. The normalized spacial score (nSPS) is 16.9. The fraction of sp³-hybridized carbons (Fsp3) is 0.382. The van der Waals surface area contributed by atoms with E-state index >= 15 is 0 Å². The second-order valence-corrected chi connectivity index (χ2v) is 11.2. The first-order valence-electron chi connectivity index (χ1n) is 14.2. The van der Waals surface area contributed by atoms with Gasteiger partial charge < -0.3 is 9.80 Å². The van der Waals surface area contributed by atoms with Crippen LogP contribution in [0.25, 0.3) is 17.2 Å². The summed E-state index contributed by atoms with van der Waals surface area (Å²) < 4.78 is 1.22. The summed E-state index contributed by atoms with van der Waals surface area (Å²) in [5.74, 6) is 0.0149. The summed E-state index contributed by atoms with van der Waals surface area (Å²) in [6, 6.07) is 23.9. The molecule has 0 aromatic heterocycles. The number of benzene rings is 3. The Bertz CT molecular complexity index is 1250. The zero-order chi connectivity index (χ0) is 25.7. The molecule has 3 heteroatoms. The Hall–Kier alpha value is -3.17. The molecule has 0 radical (unpaired) electrons. The van der Waals surface area contributed by atoms with Gasteiger partial charge in [-0.25, -0.2) is 0 Å². The van der Waals surface area contributed by atoms with Crippen LogP contribution in [0, 0.1) is 6.92 Å². The van der Waals surface area contributed by atoms with Gasteiger partial charge in [-0.05, 0) is 98.4 Å². The number of carbonyl (C=O) groups excluding carboxylic acids is 1. The Morgan fingerprint density at radius 3 is 2.24 bits per heavy atom. The van der Waals surface area contributed by atoms with E-state index in [1.54, 1.807) is 0 Å². The summed E-state index contributed by atoms with van der Waals surface area (Å²) in [6.45, 7) is 9.39. The molecule has 1 N–H and O–H groups in total. The van der Waals surface area contributed by atoms with Crippen molar-refractivity contribution in [1.29, 1.82) is 0 Å². The van der Waals surface area contributed by atoms with Gasteiger partial charge in [-0.2, -0.15) is 0 Å². The van der Waals surface area contributed by atoms with Crippen molar-refractivity contribution in [3.8, 4) is 11.1 Å². The molecule has 1 amide bonds. The lowest BCUT2D eigenvalue weighted by atomic mass is 9.89. The van der Waals surface area contributed by atoms with Crippen LogP contribution in [0.2, 0.25) is 0 Å². The molecule has 3 aromatic carbocycles. The highest BCUT2D eigenvalue weighted by atomic mass is 16.1. The molecular weight excluding hydrogens is 452 g/mol. The molecule has 1 aliphatic carbocycles. The third-order valence-corrected chi connectivity index (χ3v) is 8.26. The molecule has 2 aliphatic rings. The number of aryl methyl sites for hydroxylation is 2. The number of fused-ring (bicyclic) bond motifs is 1. The number of hydrogen-bond acceptors (Lipinski definition) is 1. The molecule has 0 saturated carbocycles. The van der Waals surface area contributed by atoms with Crippen molar-refractivity contribution < 1.29 is 9.28 Å². The van der Waals surface area contributed by atoms with Crippen molar-refractivity contribution >= 4 is 17.7 Å². The summed E-state index contributed by atoms with van der Waals surface area (Å²) in [5, 5.41) is 3.16. The molecule has 3 nitrogen and oxygen atoms in total. The number of hydrogen-bond donors (Lipinski definition) is 1. The van der Waals surface area contributed by atoms with Crippen LogP contribution in [0.1, 0.15) is 67.7 Å². The highest BCUT2D eigenvalue weighted by molar-refractivity contribution is 6.07. The minimum atomic E-state index is 0.0149. The maximum absolute atomic E-state index is 13.2. The summed E-state index contributed by atoms with van der Waals surface area (Å²) in [6.07, 6.45) is 10.4. The number of amides is 1. The van der Waals surface area contributed by atoms with Gasteiger partial charge in [0.25, 0.3) is 5.91 Å². The van der Waals surface area contributed by atoms with Crippen molar-refractivity contribution in [2.75, 3.05) is 25.0 Å². The number of anilines is 1. The van der Waals surface area contributed by atoms with Crippen molar-refractivity contribution in [2.45, 2.75) is 65.3 Å².